The highest BCUT2D eigenvalue weighted by Gasteiger charge is 2.25. The smallest absolute Gasteiger partial charge is 0.159 e. The first-order chi connectivity index (χ1) is 46.5. The zero-order valence-electron chi connectivity index (χ0n) is 51.1. The third-order valence-corrected chi connectivity index (χ3v) is 19.0. The number of fused-ring (bicyclic) bond motifs is 9. The monoisotopic (exact) mass is 1200 g/mol. The van der Waals surface area contributed by atoms with Crippen molar-refractivity contribution >= 4 is 98.7 Å². The summed E-state index contributed by atoms with van der Waals surface area (Å²) in [6.45, 7) is 0. The Morgan fingerprint density at radius 3 is 1.20 bits per heavy atom. The number of hydrogen-bond acceptors (Lipinski definition) is 6. The van der Waals surface area contributed by atoms with Gasteiger partial charge < -0.3 is 10.6 Å². The Balaban J connectivity index is 0.632. The van der Waals surface area contributed by atoms with Gasteiger partial charge in [-0.25, -0.2) is 20.0 Å². The third kappa shape index (κ3) is 9.93. The summed E-state index contributed by atoms with van der Waals surface area (Å²) in [5, 5.41) is 24.3. The van der Waals surface area contributed by atoms with Crippen LogP contribution in [0.15, 0.2) is 348 Å². The van der Waals surface area contributed by atoms with Gasteiger partial charge in [-0.15, -0.1) is 0 Å². The third-order valence-electron chi connectivity index (χ3n) is 19.0. The maximum atomic E-state index is 5.35. The molecule has 2 aliphatic rings. The van der Waals surface area contributed by atoms with Crippen molar-refractivity contribution in [2.24, 2.45) is 20.0 Å². The number of rotatable bonds is 10. The van der Waals surface area contributed by atoms with E-state index in [0.717, 1.165) is 78.3 Å². The fourth-order valence-electron chi connectivity index (χ4n) is 14.1. The van der Waals surface area contributed by atoms with Gasteiger partial charge in [0.25, 0.3) is 0 Å². The summed E-state index contributed by atoms with van der Waals surface area (Å²) < 4.78 is 0. The molecule has 18 rings (SSSR count). The molecule has 440 valence electrons. The highest BCUT2D eigenvalue weighted by molar-refractivity contribution is 6.19. The molecule has 16 aromatic carbocycles. The predicted molar refractivity (Wildman–Crippen MR) is 394 cm³/mol. The summed E-state index contributed by atoms with van der Waals surface area (Å²) in [6, 6.07) is 118. The molecule has 0 aromatic heterocycles. The fraction of sp³-hybridized carbons (Fsp3) is 0.0227. The standard InChI is InChI=1S/C88H58N6/c1-2-16-67-52-70(45-30-55(67)12-1)86-92-87(71-47-49-79-68(53-71)44-37-60-15-5-8-21-75(60)79)94-88(93-86)72-48-50-80-69(54-72)46-51-82-78(24-11-25-81(80)82)63-31-26-56(27-32-63)57-28-38-64(39-29-57)83-89-84(65-40-33-61(34-41-65)76-22-9-17-58-13-3-6-19-73(58)76)91-85(90-83)66-42-35-62(36-43-66)77-23-10-18-59-14-4-7-20-74(59)77/h1-54,83,86H,(H,89,90,91)(H,92,93,94). The van der Waals surface area contributed by atoms with E-state index in [2.05, 4.69) is 338 Å². The molecule has 0 saturated heterocycles. The van der Waals surface area contributed by atoms with Gasteiger partial charge in [0.05, 0.1) is 0 Å². The molecule has 0 saturated carbocycles. The van der Waals surface area contributed by atoms with E-state index in [9.17, 15) is 0 Å². The molecule has 6 nitrogen and oxygen atoms in total. The number of nitrogens with zero attached hydrogens (tertiary/aromatic N) is 4. The Morgan fingerprint density at radius 1 is 0.202 bits per heavy atom. The molecule has 2 N–H and O–H groups in total. The summed E-state index contributed by atoms with van der Waals surface area (Å²) in [5.41, 5.74) is 15.4. The van der Waals surface area contributed by atoms with Crippen LogP contribution in [-0.4, -0.2) is 23.3 Å². The first-order valence-corrected chi connectivity index (χ1v) is 32.1. The van der Waals surface area contributed by atoms with Crippen molar-refractivity contribution in [1.82, 2.24) is 10.6 Å². The van der Waals surface area contributed by atoms with Gasteiger partial charge >= 0.3 is 0 Å². The molecule has 0 amide bonds. The minimum atomic E-state index is -0.375. The van der Waals surface area contributed by atoms with Crippen LogP contribution >= 0.6 is 0 Å². The van der Waals surface area contributed by atoms with Gasteiger partial charge in [0, 0.05) is 22.3 Å². The number of amidine groups is 4. The lowest BCUT2D eigenvalue weighted by Crippen LogP contribution is -2.33. The predicted octanol–water partition coefficient (Wildman–Crippen LogP) is 21.4. The summed E-state index contributed by atoms with van der Waals surface area (Å²) in [5.74, 6) is 2.94. The lowest BCUT2D eigenvalue weighted by Gasteiger charge is -2.24. The minimum absolute atomic E-state index is 0.345. The maximum Gasteiger partial charge on any atom is 0.159 e. The van der Waals surface area contributed by atoms with Crippen molar-refractivity contribution in [3.05, 3.63) is 361 Å². The second kappa shape index (κ2) is 22.8. The van der Waals surface area contributed by atoms with E-state index in [1.807, 2.05) is 0 Å². The van der Waals surface area contributed by atoms with E-state index in [1.54, 1.807) is 0 Å². The summed E-state index contributed by atoms with van der Waals surface area (Å²) in [6.07, 6.45) is -0.721. The van der Waals surface area contributed by atoms with Crippen molar-refractivity contribution in [2.45, 2.75) is 12.3 Å². The average molecular weight is 1200 g/mol. The Bertz CT molecular complexity index is 5830. The van der Waals surface area contributed by atoms with Crippen molar-refractivity contribution in [3.63, 3.8) is 0 Å². The number of nitrogens with one attached hydrogen (secondary N) is 2. The normalized spacial score (nSPS) is 14.8. The van der Waals surface area contributed by atoms with E-state index in [1.165, 1.54) is 86.7 Å². The van der Waals surface area contributed by atoms with Gasteiger partial charge in [0.1, 0.15) is 24.0 Å². The summed E-state index contributed by atoms with van der Waals surface area (Å²) in [4.78, 5) is 21.2. The molecule has 0 fully saturated rings. The molecular formula is C88H58N6. The van der Waals surface area contributed by atoms with Crippen LogP contribution in [0.2, 0.25) is 0 Å². The minimum Gasteiger partial charge on any atom is -0.344 e. The molecule has 2 heterocycles. The van der Waals surface area contributed by atoms with E-state index in [4.69, 9.17) is 20.0 Å². The summed E-state index contributed by atoms with van der Waals surface area (Å²) in [7, 11) is 0. The van der Waals surface area contributed by atoms with Crippen LogP contribution in [0.1, 0.15) is 45.7 Å². The highest BCUT2D eigenvalue weighted by atomic mass is 15.2. The molecule has 0 spiro atoms. The molecule has 0 bridgehead atoms. The van der Waals surface area contributed by atoms with Crippen LogP contribution in [0.4, 0.5) is 0 Å². The maximum absolute atomic E-state index is 5.35. The van der Waals surface area contributed by atoms with Crippen LogP contribution in [0, 0.1) is 0 Å². The Morgan fingerprint density at radius 2 is 0.564 bits per heavy atom. The van der Waals surface area contributed by atoms with E-state index in [-0.39, 0.29) is 12.3 Å². The largest absolute Gasteiger partial charge is 0.344 e. The topological polar surface area (TPSA) is 73.5 Å². The number of benzene rings is 16. The van der Waals surface area contributed by atoms with Crippen LogP contribution < -0.4 is 10.6 Å². The van der Waals surface area contributed by atoms with Crippen LogP contribution in [0.3, 0.4) is 0 Å². The molecule has 6 heteroatoms. The molecule has 2 aliphatic heterocycles. The zero-order valence-corrected chi connectivity index (χ0v) is 51.1. The van der Waals surface area contributed by atoms with E-state index >= 15 is 0 Å². The van der Waals surface area contributed by atoms with Crippen molar-refractivity contribution in [3.8, 4) is 44.5 Å². The Hall–Kier alpha value is -12.4. The number of aliphatic imine (C=N–C) groups is 4. The molecule has 16 aromatic rings. The molecular weight excluding hydrogens is 1140 g/mol. The first kappa shape index (κ1) is 54.5. The van der Waals surface area contributed by atoms with Crippen LogP contribution in [0.25, 0.3) is 120 Å². The van der Waals surface area contributed by atoms with Gasteiger partial charge in [-0.05, 0) is 149 Å². The average Bonchev–Trinajstić information content (AvgIpc) is 0.793. The Kier molecular flexibility index (Phi) is 13.2. The van der Waals surface area contributed by atoms with E-state index in [0.29, 0.717) is 11.7 Å². The molecule has 2 unspecified atom stereocenters. The second-order valence-electron chi connectivity index (χ2n) is 24.6. The van der Waals surface area contributed by atoms with Crippen molar-refractivity contribution < 1.29 is 0 Å². The van der Waals surface area contributed by atoms with Gasteiger partial charge in [-0.2, -0.15) is 0 Å². The van der Waals surface area contributed by atoms with Crippen molar-refractivity contribution in [2.75, 3.05) is 0 Å². The van der Waals surface area contributed by atoms with Crippen LogP contribution in [-0.2, 0) is 0 Å². The van der Waals surface area contributed by atoms with Gasteiger partial charge in [-0.3, -0.25) is 0 Å². The second-order valence-corrected chi connectivity index (χ2v) is 24.6. The Labute approximate surface area is 544 Å². The summed E-state index contributed by atoms with van der Waals surface area (Å²) >= 11 is 0. The first-order valence-electron chi connectivity index (χ1n) is 32.1. The van der Waals surface area contributed by atoms with E-state index < -0.39 is 0 Å². The van der Waals surface area contributed by atoms with Gasteiger partial charge in [0.15, 0.2) is 11.7 Å². The fourth-order valence-corrected chi connectivity index (χ4v) is 14.1. The van der Waals surface area contributed by atoms with Crippen molar-refractivity contribution in [1.29, 1.82) is 0 Å². The zero-order chi connectivity index (χ0) is 62.1. The molecule has 94 heavy (non-hydrogen) atoms. The molecule has 2 atom stereocenters. The van der Waals surface area contributed by atoms with Gasteiger partial charge in [-0.1, -0.05) is 309 Å². The number of hydrogen-bond donors (Lipinski definition) is 2. The van der Waals surface area contributed by atoms with Crippen LogP contribution in [0.5, 0.6) is 0 Å². The molecule has 0 aliphatic carbocycles. The quantitative estimate of drug-likeness (QED) is 0.134. The van der Waals surface area contributed by atoms with Gasteiger partial charge in [0.2, 0.25) is 0 Å². The lowest BCUT2D eigenvalue weighted by atomic mass is 9.93. The SMILES string of the molecule is c1ccc2cc(C3N=C(c4ccc5c(ccc6c(-c7ccc(-c8ccc(C9N=C(c%10ccc(-c%11cccc%12ccccc%11%12)cc%10)N=C(c%10ccc(-c%11cccc%12ccccc%11%12)cc%10)N9)cc8)cc7)cccc65)c4)N=C(c4ccc5c(ccc6ccccc65)c4)N3)ccc2c1. The highest BCUT2D eigenvalue weighted by Crippen LogP contribution is 2.38. The molecule has 0 radical (unpaired) electrons. The lowest BCUT2D eigenvalue weighted by molar-refractivity contribution is 0.674.